The van der Waals surface area contributed by atoms with Gasteiger partial charge in [-0.15, -0.1) is 11.3 Å². The van der Waals surface area contributed by atoms with Crippen LogP contribution in [0.1, 0.15) is 18.0 Å². The normalized spacial score (nSPS) is 12.7. The number of hydrogen-bond acceptors (Lipinski definition) is 3. The largest absolute Gasteiger partial charge is 0.322 e. The smallest absolute Gasteiger partial charge is 0.123 e. The molecule has 0 saturated heterocycles. The Morgan fingerprint density at radius 3 is 2.87 bits per heavy atom. The summed E-state index contributed by atoms with van der Waals surface area (Å²) in [7, 11) is 0. The van der Waals surface area contributed by atoms with Gasteiger partial charge in [0.1, 0.15) is 10.8 Å². The van der Waals surface area contributed by atoms with Gasteiger partial charge in [-0.25, -0.2) is 9.37 Å². The number of halogens is 1. The highest BCUT2D eigenvalue weighted by Crippen LogP contribution is 2.28. The Balaban J connectivity index is 2.37. The Morgan fingerprint density at radius 1 is 1.47 bits per heavy atom. The molecule has 0 spiro atoms. The molecule has 0 bridgehead atoms. The molecule has 1 aromatic carbocycles. The second-order valence-electron chi connectivity index (χ2n) is 3.36. The molecule has 2 nitrogen and oxygen atoms in total. The average molecular weight is 222 g/mol. The quantitative estimate of drug-likeness (QED) is 0.848. The zero-order chi connectivity index (χ0) is 10.8. The number of thiazole rings is 1. The molecule has 2 aromatic rings. The minimum absolute atomic E-state index is 0.0719. The van der Waals surface area contributed by atoms with Gasteiger partial charge < -0.3 is 5.73 Å². The second-order valence-corrected chi connectivity index (χ2v) is 4.42. The number of rotatable bonds is 2. The highest BCUT2D eigenvalue weighted by molar-refractivity contribution is 7.15. The van der Waals surface area contributed by atoms with Crippen molar-refractivity contribution in [3.8, 4) is 10.4 Å². The van der Waals surface area contributed by atoms with Crippen molar-refractivity contribution in [3.63, 3.8) is 0 Å². The molecular weight excluding hydrogens is 211 g/mol. The molecule has 4 heteroatoms. The van der Waals surface area contributed by atoms with Crippen molar-refractivity contribution in [1.82, 2.24) is 4.98 Å². The van der Waals surface area contributed by atoms with Crippen LogP contribution in [0.5, 0.6) is 0 Å². The van der Waals surface area contributed by atoms with Crippen LogP contribution in [0, 0.1) is 5.82 Å². The second kappa shape index (κ2) is 4.08. The van der Waals surface area contributed by atoms with E-state index in [0.29, 0.717) is 0 Å². The van der Waals surface area contributed by atoms with E-state index in [-0.39, 0.29) is 11.9 Å². The van der Waals surface area contributed by atoms with Crippen molar-refractivity contribution in [3.05, 3.63) is 41.3 Å². The van der Waals surface area contributed by atoms with Crippen LogP contribution >= 0.6 is 11.3 Å². The van der Waals surface area contributed by atoms with Gasteiger partial charge in [0.15, 0.2) is 0 Å². The van der Waals surface area contributed by atoms with E-state index in [4.69, 9.17) is 5.73 Å². The zero-order valence-corrected chi connectivity index (χ0v) is 9.09. The van der Waals surface area contributed by atoms with Gasteiger partial charge in [0, 0.05) is 6.20 Å². The van der Waals surface area contributed by atoms with Gasteiger partial charge in [0.05, 0.1) is 10.9 Å². The Kier molecular flexibility index (Phi) is 2.79. The van der Waals surface area contributed by atoms with E-state index in [1.807, 2.05) is 13.0 Å². The van der Waals surface area contributed by atoms with Crippen LogP contribution in [0.25, 0.3) is 10.4 Å². The maximum Gasteiger partial charge on any atom is 0.123 e. The predicted molar refractivity (Wildman–Crippen MR) is 60.1 cm³/mol. The fraction of sp³-hybridized carbons (Fsp3) is 0.182. The molecule has 0 aliphatic heterocycles. The Bertz CT molecular complexity index is 465. The van der Waals surface area contributed by atoms with Crippen LogP contribution in [-0.4, -0.2) is 4.98 Å². The van der Waals surface area contributed by atoms with E-state index in [1.165, 1.54) is 23.5 Å². The molecule has 78 valence electrons. The fourth-order valence-corrected chi connectivity index (χ4v) is 2.14. The summed E-state index contributed by atoms with van der Waals surface area (Å²) in [5.74, 6) is -0.233. The fourth-order valence-electron chi connectivity index (χ4n) is 1.27. The van der Waals surface area contributed by atoms with Crippen LogP contribution in [0.15, 0.2) is 30.5 Å². The van der Waals surface area contributed by atoms with Crippen LogP contribution < -0.4 is 5.73 Å². The van der Waals surface area contributed by atoms with E-state index < -0.39 is 0 Å². The highest BCUT2D eigenvalue weighted by atomic mass is 32.1. The minimum atomic E-state index is -0.233. The maximum absolute atomic E-state index is 13.0. The lowest BCUT2D eigenvalue weighted by atomic mass is 10.2. The standard InChI is InChI=1S/C11H11FN2S/c1-7(13)11-14-6-10(15-11)8-3-2-4-9(12)5-8/h2-7H,13H2,1H3/t7-/m1/s1. The molecule has 0 radical (unpaired) electrons. The lowest BCUT2D eigenvalue weighted by Gasteiger charge is -1.97. The van der Waals surface area contributed by atoms with E-state index in [0.717, 1.165) is 15.4 Å². The van der Waals surface area contributed by atoms with Crippen molar-refractivity contribution in [2.75, 3.05) is 0 Å². The monoisotopic (exact) mass is 222 g/mol. The zero-order valence-electron chi connectivity index (χ0n) is 8.27. The third-order valence-corrected chi connectivity index (χ3v) is 3.27. The van der Waals surface area contributed by atoms with Gasteiger partial charge in [0.25, 0.3) is 0 Å². The minimum Gasteiger partial charge on any atom is -0.322 e. The summed E-state index contributed by atoms with van der Waals surface area (Å²) in [6.45, 7) is 1.88. The van der Waals surface area contributed by atoms with Crippen LogP contribution in [0.2, 0.25) is 0 Å². The Hall–Kier alpha value is -1.26. The lowest BCUT2D eigenvalue weighted by molar-refractivity contribution is 0.628. The third kappa shape index (κ3) is 2.22. The Morgan fingerprint density at radius 2 is 2.27 bits per heavy atom. The predicted octanol–water partition coefficient (Wildman–Crippen LogP) is 2.97. The first-order chi connectivity index (χ1) is 7.16. The highest BCUT2D eigenvalue weighted by Gasteiger charge is 2.07. The van der Waals surface area contributed by atoms with Gasteiger partial charge in [-0.1, -0.05) is 12.1 Å². The van der Waals surface area contributed by atoms with Gasteiger partial charge in [-0.3, -0.25) is 0 Å². The van der Waals surface area contributed by atoms with Crippen molar-refractivity contribution in [1.29, 1.82) is 0 Å². The van der Waals surface area contributed by atoms with E-state index >= 15 is 0 Å². The first-order valence-corrected chi connectivity index (χ1v) is 5.45. The summed E-state index contributed by atoms with van der Waals surface area (Å²) in [6.07, 6.45) is 1.73. The first-order valence-electron chi connectivity index (χ1n) is 4.64. The number of benzene rings is 1. The van der Waals surface area contributed by atoms with Crippen molar-refractivity contribution in [2.24, 2.45) is 5.73 Å². The molecule has 1 heterocycles. The van der Waals surface area contributed by atoms with Gasteiger partial charge >= 0.3 is 0 Å². The molecule has 0 amide bonds. The molecular formula is C11H11FN2S. The molecule has 1 aromatic heterocycles. The summed E-state index contributed by atoms with van der Waals surface area (Å²) in [5.41, 5.74) is 6.56. The van der Waals surface area contributed by atoms with Crippen molar-refractivity contribution in [2.45, 2.75) is 13.0 Å². The topological polar surface area (TPSA) is 38.9 Å². The molecule has 2 rings (SSSR count). The van der Waals surface area contributed by atoms with Gasteiger partial charge in [-0.2, -0.15) is 0 Å². The van der Waals surface area contributed by atoms with Crippen LogP contribution in [-0.2, 0) is 0 Å². The summed E-state index contributed by atoms with van der Waals surface area (Å²) in [5, 5.41) is 0.870. The first kappa shape index (κ1) is 10.3. The lowest BCUT2D eigenvalue weighted by Crippen LogP contribution is -2.03. The molecule has 15 heavy (non-hydrogen) atoms. The average Bonchev–Trinajstić information content (AvgIpc) is 2.66. The molecule has 2 N–H and O–H groups in total. The number of nitrogens with zero attached hydrogens (tertiary/aromatic N) is 1. The van der Waals surface area contributed by atoms with E-state index in [1.54, 1.807) is 12.3 Å². The molecule has 0 aliphatic rings. The summed E-state index contributed by atoms with van der Waals surface area (Å²) < 4.78 is 13.0. The SMILES string of the molecule is C[C@@H](N)c1ncc(-c2cccc(F)c2)s1. The summed E-state index contributed by atoms with van der Waals surface area (Å²) in [6, 6.07) is 6.41. The van der Waals surface area contributed by atoms with E-state index in [2.05, 4.69) is 4.98 Å². The summed E-state index contributed by atoms with van der Waals surface area (Å²) >= 11 is 1.50. The molecule has 0 aliphatic carbocycles. The summed E-state index contributed by atoms with van der Waals surface area (Å²) in [4.78, 5) is 5.14. The molecule has 1 atom stereocenters. The van der Waals surface area contributed by atoms with Gasteiger partial charge in [-0.05, 0) is 24.6 Å². The maximum atomic E-state index is 13.0. The van der Waals surface area contributed by atoms with Crippen molar-refractivity contribution >= 4 is 11.3 Å². The van der Waals surface area contributed by atoms with E-state index in [9.17, 15) is 4.39 Å². The van der Waals surface area contributed by atoms with Crippen LogP contribution in [0.3, 0.4) is 0 Å². The number of aromatic nitrogens is 1. The number of hydrogen-bond donors (Lipinski definition) is 1. The molecule has 0 unspecified atom stereocenters. The number of nitrogens with two attached hydrogens (primary N) is 1. The third-order valence-electron chi connectivity index (χ3n) is 2.02. The van der Waals surface area contributed by atoms with Crippen LogP contribution in [0.4, 0.5) is 4.39 Å². The Labute approximate surface area is 91.6 Å². The molecule has 0 fully saturated rings. The van der Waals surface area contributed by atoms with Gasteiger partial charge in [0.2, 0.25) is 0 Å². The molecule has 0 saturated carbocycles. The van der Waals surface area contributed by atoms with Crippen molar-refractivity contribution < 1.29 is 4.39 Å².